The minimum atomic E-state index is -1.06. The van der Waals surface area contributed by atoms with Crippen LogP contribution < -0.4 is 0 Å². The summed E-state index contributed by atoms with van der Waals surface area (Å²) in [6.07, 6.45) is 4.34. The lowest BCUT2D eigenvalue weighted by Crippen LogP contribution is -2.43. The Morgan fingerprint density at radius 2 is 1.73 bits per heavy atom. The molecule has 0 N–H and O–H groups in total. The SMILES string of the molecule is Br.CN1C=CN([Si](C)(C)C)C1. The molecule has 0 aliphatic carbocycles. The van der Waals surface area contributed by atoms with Crippen LogP contribution in [0.15, 0.2) is 12.4 Å². The second-order valence-electron chi connectivity index (χ2n) is 3.84. The van der Waals surface area contributed by atoms with Gasteiger partial charge in [-0.2, -0.15) is 0 Å². The van der Waals surface area contributed by atoms with Gasteiger partial charge in [-0.05, 0) is 0 Å². The Morgan fingerprint density at radius 1 is 1.18 bits per heavy atom. The second-order valence-corrected chi connectivity index (χ2v) is 8.75. The lowest BCUT2D eigenvalue weighted by atomic mass is 10.9. The Bertz CT molecular complexity index is 153. The molecule has 2 nitrogen and oxygen atoms in total. The number of hydrogen-bond acceptors (Lipinski definition) is 2. The van der Waals surface area contributed by atoms with Gasteiger partial charge in [0, 0.05) is 19.4 Å². The molecule has 0 aromatic carbocycles. The van der Waals surface area contributed by atoms with Gasteiger partial charge in [0.25, 0.3) is 0 Å². The molecule has 1 aliphatic rings. The van der Waals surface area contributed by atoms with Gasteiger partial charge in [-0.3, -0.25) is 0 Å². The normalized spacial score (nSPS) is 17.1. The van der Waals surface area contributed by atoms with Crippen molar-refractivity contribution < 1.29 is 0 Å². The van der Waals surface area contributed by atoms with E-state index >= 15 is 0 Å². The summed E-state index contributed by atoms with van der Waals surface area (Å²) in [5.74, 6) is 0. The summed E-state index contributed by atoms with van der Waals surface area (Å²) in [4.78, 5) is 2.21. The van der Waals surface area contributed by atoms with Crippen LogP contribution in [0, 0.1) is 0 Å². The molecule has 0 saturated heterocycles. The highest BCUT2D eigenvalue weighted by atomic mass is 79.9. The third kappa shape index (κ3) is 2.87. The largest absolute Gasteiger partial charge is 0.386 e. The van der Waals surface area contributed by atoms with Gasteiger partial charge in [0.1, 0.15) is 8.24 Å². The van der Waals surface area contributed by atoms with E-state index in [1.807, 2.05) is 0 Å². The first-order valence-corrected chi connectivity index (χ1v) is 7.10. The first-order valence-electron chi connectivity index (χ1n) is 3.65. The molecule has 0 radical (unpaired) electrons. The smallest absolute Gasteiger partial charge is 0.149 e. The molecule has 1 aliphatic heterocycles. The van der Waals surface area contributed by atoms with E-state index < -0.39 is 8.24 Å². The van der Waals surface area contributed by atoms with Crippen molar-refractivity contribution in [2.75, 3.05) is 13.7 Å². The number of hydrogen-bond donors (Lipinski definition) is 0. The number of halogens is 1. The molecule has 0 unspecified atom stereocenters. The highest BCUT2D eigenvalue weighted by Crippen LogP contribution is 2.14. The van der Waals surface area contributed by atoms with Crippen LogP contribution in [0.5, 0.6) is 0 Å². The summed E-state index contributed by atoms with van der Waals surface area (Å²) in [7, 11) is 1.05. The molecule has 4 heteroatoms. The summed E-state index contributed by atoms with van der Waals surface area (Å²) in [6.45, 7) is 8.15. The van der Waals surface area contributed by atoms with Crippen LogP contribution in [0.3, 0.4) is 0 Å². The van der Waals surface area contributed by atoms with Gasteiger partial charge in [0.15, 0.2) is 0 Å². The topological polar surface area (TPSA) is 6.48 Å². The summed E-state index contributed by atoms with van der Waals surface area (Å²) in [5, 5.41) is 0. The zero-order valence-corrected chi connectivity index (χ0v) is 10.4. The highest BCUT2D eigenvalue weighted by molar-refractivity contribution is 8.93. The van der Waals surface area contributed by atoms with Crippen LogP contribution in [0.4, 0.5) is 0 Å². The van der Waals surface area contributed by atoms with Crippen molar-refractivity contribution in [3.05, 3.63) is 12.4 Å². The van der Waals surface area contributed by atoms with Crippen molar-refractivity contribution in [3.8, 4) is 0 Å². The monoisotopic (exact) mass is 236 g/mol. The Labute approximate surface area is 80.7 Å². The fraction of sp³-hybridized carbons (Fsp3) is 0.714. The van der Waals surface area contributed by atoms with E-state index in [-0.39, 0.29) is 17.0 Å². The van der Waals surface area contributed by atoms with Crippen molar-refractivity contribution >= 4 is 25.2 Å². The van der Waals surface area contributed by atoms with Gasteiger partial charge in [-0.1, -0.05) is 19.6 Å². The van der Waals surface area contributed by atoms with Gasteiger partial charge in [-0.15, -0.1) is 17.0 Å². The highest BCUT2D eigenvalue weighted by Gasteiger charge is 2.23. The summed E-state index contributed by atoms with van der Waals surface area (Å²) in [6, 6.07) is 0. The molecule has 0 aromatic rings. The molecule has 0 bridgehead atoms. The maximum Gasteiger partial charge on any atom is 0.149 e. The molecule has 0 saturated carbocycles. The van der Waals surface area contributed by atoms with Gasteiger partial charge < -0.3 is 9.47 Å². The van der Waals surface area contributed by atoms with Crippen molar-refractivity contribution in [2.45, 2.75) is 19.6 Å². The van der Waals surface area contributed by atoms with Crippen molar-refractivity contribution in [1.29, 1.82) is 0 Å². The maximum absolute atomic E-state index is 2.45. The third-order valence-corrected chi connectivity index (χ3v) is 3.75. The van der Waals surface area contributed by atoms with Crippen molar-refractivity contribution in [3.63, 3.8) is 0 Å². The summed E-state index contributed by atoms with van der Waals surface area (Å²) >= 11 is 0. The molecule has 66 valence electrons. The maximum atomic E-state index is 2.45. The Morgan fingerprint density at radius 3 is 1.91 bits per heavy atom. The van der Waals surface area contributed by atoms with Crippen LogP contribution in [0.2, 0.25) is 19.6 Å². The first-order chi connectivity index (χ1) is 4.50. The van der Waals surface area contributed by atoms with Gasteiger partial charge in [0.2, 0.25) is 0 Å². The minimum Gasteiger partial charge on any atom is -0.386 e. The molecule has 0 spiro atoms. The minimum absolute atomic E-state index is 0. The van der Waals surface area contributed by atoms with E-state index in [9.17, 15) is 0 Å². The molecular weight excluding hydrogens is 220 g/mol. The standard InChI is InChI=1S/C7H16N2Si.BrH/c1-8-5-6-9(7-8)10(2,3)4;/h5-6H,7H2,1-4H3;1H. The van der Waals surface area contributed by atoms with Crippen molar-refractivity contribution in [1.82, 2.24) is 9.47 Å². The predicted octanol–water partition coefficient (Wildman–Crippen LogP) is 2.08. The Hall–Kier alpha value is 0.0369. The zero-order valence-electron chi connectivity index (χ0n) is 7.66. The molecule has 1 rings (SSSR count). The van der Waals surface area contributed by atoms with Crippen LogP contribution in [-0.2, 0) is 0 Å². The van der Waals surface area contributed by atoms with E-state index in [0.29, 0.717) is 0 Å². The lowest BCUT2D eigenvalue weighted by molar-refractivity contribution is 0.388. The quantitative estimate of drug-likeness (QED) is 0.644. The third-order valence-electron chi connectivity index (χ3n) is 1.74. The predicted molar refractivity (Wildman–Crippen MR) is 57.3 cm³/mol. The molecule has 11 heavy (non-hydrogen) atoms. The Kier molecular flexibility index (Phi) is 3.64. The van der Waals surface area contributed by atoms with E-state index in [2.05, 4.69) is 48.6 Å². The summed E-state index contributed by atoms with van der Waals surface area (Å²) in [5.41, 5.74) is 0. The molecule has 0 aromatic heterocycles. The van der Waals surface area contributed by atoms with Crippen LogP contribution >= 0.6 is 17.0 Å². The Balaban J connectivity index is 0.000001000. The van der Waals surface area contributed by atoms with Crippen LogP contribution in [0.25, 0.3) is 0 Å². The fourth-order valence-corrected chi connectivity index (χ4v) is 2.13. The molecule has 0 amide bonds. The van der Waals surface area contributed by atoms with Gasteiger partial charge in [-0.25, -0.2) is 0 Å². The molecular formula is C7H17BrN2Si. The van der Waals surface area contributed by atoms with E-state index in [1.54, 1.807) is 0 Å². The average Bonchev–Trinajstić information content (AvgIpc) is 2.11. The van der Waals surface area contributed by atoms with Crippen molar-refractivity contribution in [2.24, 2.45) is 0 Å². The lowest BCUT2D eigenvalue weighted by Gasteiger charge is -2.30. The molecule has 1 heterocycles. The van der Waals surface area contributed by atoms with Gasteiger partial charge in [0.05, 0.1) is 6.67 Å². The van der Waals surface area contributed by atoms with Gasteiger partial charge >= 0.3 is 0 Å². The average molecular weight is 237 g/mol. The fourth-order valence-electron chi connectivity index (χ4n) is 0.965. The first kappa shape index (κ1) is 11.0. The molecule has 0 fully saturated rings. The van der Waals surface area contributed by atoms with E-state index in [0.717, 1.165) is 6.67 Å². The van der Waals surface area contributed by atoms with E-state index in [4.69, 9.17) is 0 Å². The van der Waals surface area contributed by atoms with E-state index in [1.165, 1.54) is 0 Å². The number of nitrogens with zero attached hydrogens (tertiary/aromatic N) is 2. The van der Waals surface area contributed by atoms with Crippen LogP contribution in [0.1, 0.15) is 0 Å². The molecule has 0 atom stereocenters. The number of rotatable bonds is 1. The van der Waals surface area contributed by atoms with Crippen LogP contribution in [-0.4, -0.2) is 31.4 Å². The second kappa shape index (κ2) is 3.63. The summed E-state index contributed by atoms with van der Waals surface area (Å²) < 4.78 is 2.45. The zero-order chi connectivity index (χ0) is 7.78.